The van der Waals surface area contributed by atoms with Crippen molar-refractivity contribution in [1.82, 2.24) is 0 Å². The molecule has 0 N–H and O–H groups in total. The molecule has 0 saturated carbocycles. The molecule has 1 aliphatic carbocycles. The number of hydrogen-bond acceptors (Lipinski definition) is 5. The van der Waals surface area contributed by atoms with E-state index in [1.165, 1.54) is 82.6 Å². The van der Waals surface area contributed by atoms with E-state index in [2.05, 4.69) is 303 Å². The molecule has 3 heterocycles. The van der Waals surface area contributed by atoms with Crippen LogP contribution in [0.5, 0.6) is 11.5 Å². The van der Waals surface area contributed by atoms with Crippen LogP contribution in [-0.2, 0) is 21.7 Å². The second-order valence-corrected chi connectivity index (χ2v) is 27.7. The summed E-state index contributed by atoms with van der Waals surface area (Å²) in [6, 6.07) is 80.8. The maximum atomic E-state index is 6.48. The molecule has 0 amide bonds. The monoisotopic (exact) mass is 1110 g/mol. The van der Waals surface area contributed by atoms with Gasteiger partial charge in [0.1, 0.15) is 13.2 Å². The molecule has 0 atom stereocenters. The quantitative estimate of drug-likeness (QED) is 0.155. The molecular formula is C79H72BN3O2. The Morgan fingerprint density at radius 2 is 0.941 bits per heavy atom. The zero-order chi connectivity index (χ0) is 58.5. The van der Waals surface area contributed by atoms with E-state index in [0.29, 0.717) is 13.2 Å². The lowest BCUT2D eigenvalue weighted by Crippen LogP contribution is -2.61. The minimum atomic E-state index is -0.112. The first-order valence-electron chi connectivity index (χ1n) is 30.4. The predicted octanol–water partition coefficient (Wildman–Crippen LogP) is 19.2. The second-order valence-electron chi connectivity index (χ2n) is 27.7. The summed E-state index contributed by atoms with van der Waals surface area (Å²) >= 11 is 0. The van der Waals surface area contributed by atoms with Crippen molar-refractivity contribution in [3.05, 3.63) is 240 Å². The summed E-state index contributed by atoms with van der Waals surface area (Å²) in [5, 5.41) is 4.92. The molecule has 11 aromatic carbocycles. The number of nitrogens with zero attached hydrogens (tertiary/aromatic N) is 3. The Labute approximate surface area is 502 Å². The fourth-order valence-corrected chi connectivity index (χ4v) is 14.2. The average molecular weight is 1110 g/mol. The maximum absolute atomic E-state index is 6.48. The van der Waals surface area contributed by atoms with Crippen molar-refractivity contribution in [2.24, 2.45) is 0 Å². The Bertz CT molecular complexity index is 4520. The van der Waals surface area contributed by atoms with Crippen molar-refractivity contribution >= 4 is 95.8 Å². The molecular weight excluding hydrogens is 1030 g/mol. The van der Waals surface area contributed by atoms with Crippen LogP contribution in [0.1, 0.15) is 104 Å². The first-order valence-corrected chi connectivity index (χ1v) is 30.4. The summed E-state index contributed by atoms with van der Waals surface area (Å²) in [5.74, 6) is 1.57. The SMILES string of the molecule is CC(C)(C)c1ccc(N2c3ccc(C(C)(C)C)cc3B3c4cc5c(cc4N(c4ccc(C(C)(C)C)cc4)c4cc(-c6ccc(N(c7ccc8ccccc8c7)c7ccc8c9c(ccc8c7)C(C)(C)c7ccccc7-9)cc6)cc2c43)OCCO5)cc1. The van der Waals surface area contributed by atoms with Gasteiger partial charge in [0.25, 0.3) is 6.71 Å². The van der Waals surface area contributed by atoms with Crippen LogP contribution in [0.2, 0.25) is 0 Å². The van der Waals surface area contributed by atoms with E-state index in [-0.39, 0.29) is 28.4 Å². The maximum Gasteiger partial charge on any atom is 0.252 e. The molecule has 0 bridgehead atoms. The van der Waals surface area contributed by atoms with E-state index in [4.69, 9.17) is 9.47 Å². The number of hydrogen-bond donors (Lipinski definition) is 0. The molecule has 0 spiro atoms. The van der Waals surface area contributed by atoms with Crippen LogP contribution in [0.25, 0.3) is 43.8 Å². The third-order valence-electron chi connectivity index (χ3n) is 18.8. The molecule has 3 aliphatic heterocycles. The topological polar surface area (TPSA) is 28.2 Å². The first kappa shape index (κ1) is 52.8. The van der Waals surface area contributed by atoms with Gasteiger partial charge in [0.2, 0.25) is 0 Å². The molecule has 0 unspecified atom stereocenters. The van der Waals surface area contributed by atoms with E-state index in [9.17, 15) is 0 Å². The van der Waals surface area contributed by atoms with E-state index < -0.39 is 0 Å². The van der Waals surface area contributed by atoms with Gasteiger partial charge < -0.3 is 24.2 Å². The highest BCUT2D eigenvalue weighted by atomic mass is 16.6. The zero-order valence-electron chi connectivity index (χ0n) is 50.9. The number of fused-ring (bicyclic) bond motifs is 11. The molecule has 6 heteroatoms. The Balaban J connectivity index is 0.944. The van der Waals surface area contributed by atoms with E-state index in [1.807, 2.05) is 0 Å². The summed E-state index contributed by atoms with van der Waals surface area (Å²) in [6.45, 7) is 26.4. The minimum Gasteiger partial charge on any atom is -0.486 e. The summed E-state index contributed by atoms with van der Waals surface area (Å²) in [4.78, 5) is 7.48. The lowest BCUT2D eigenvalue weighted by atomic mass is 9.33. The van der Waals surface area contributed by atoms with Gasteiger partial charge in [0.05, 0.1) is 0 Å². The van der Waals surface area contributed by atoms with Gasteiger partial charge in [-0.25, -0.2) is 0 Å². The first-order chi connectivity index (χ1) is 40.8. The molecule has 11 aromatic rings. The number of anilines is 9. The average Bonchev–Trinajstić information content (AvgIpc) is 0.843. The Kier molecular flexibility index (Phi) is 11.8. The smallest absolute Gasteiger partial charge is 0.252 e. The Morgan fingerprint density at radius 1 is 0.412 bits per heavy atom. The molecule has 4 aliphatic rings. The highest BCUT2D eigenvalue weighted by Crippen LogP contribution is 2.53. The van der Waals surface area contributed by atoms with Crippen molar-refractivity contribution in [2.45, 2.75) is 97.8 Å². The molecule has 15 rings (SSSR count). The predicted molar refractivity (Wildman–Crippen MR) is 360 cm³/mol. The van der Waals surface area contributed by atoms with Gasteiger partial charge in [-0.15, -0.1) is 0 Å². The van der Waals surface area contributed by atoms with Crippen LogP contribution >= 0.6 is 0 Å². The standard InChI is InChI=1S/C79H72BN3O2/c1-76(2,3)54-24-32-58(33-25-54)82-68-39-28-56(78(7,8)9)46-66(68)80-67-47-72-73(85-41-40-84-72)48-69(67)83(59-34-26-55(27-35-59)77(4,5)6)71-45-53(44-70(82)75(71)80)50-20-29-57(30-21-50)81(60-31-22-49-16-12-13-17-51(49)42-60)61-36-37-62-52(43-61)23-38-65-74(62)63-18-14-15-19-64(63)79(65,10)11/h12-39,42-48H,40-41H2,1-11H3. The van der Waals surface area contributed by atoms with Crippen molar-refractivity contribution < 1.29 is 9.47 Å². The molecule has 5 nitrogen and oxygen atoms in total. The summed E-state index contributed by atoms with van der Waals surface area (Å²) < 4.78 is 13.0. The van der Waals surface area contributed by atoms with Crippen LogP contribution in [0, 0.1) is 0 Å². The third kappa shape index (κ3) is 8.57. The summed E-state index contributed by atoms with van der Waals surface area (Å²) in [5.41, 5.74) is 25.3. The van der Waals surface area contributed by atoms with Gasteiger partial charge in [-0.1, -0.05) is 197 Å². The van der Waals surface area contributed by atoms with E-state index >= 15 is 0 Å². The summed E-state index contributed by atoms with van der Waals surface area (Å²) in [6.07, 6.45) is 0. The molecule has 85 heavy (non-hydrogen) atoms. The molecule has 0 saturated heterocycles. The fourth-order valence-electron chi connectivity index (χ4n) is 14.2. The van der Waals surface area contributed by atoms with Crippen molar-refractivity contribution in [2.75, 3.05) is 27.9 Å². The van der Waals surface area contributed by atoms with Gasteiger partial charge in [-0.3, -0.25) is 0 Å². The van der Waals surface area contributed by atoms with Gasteiger partial charge >= 0.3 is 0 Å². The van der Waals surface area contributed by atoms with Crippen LogP contribution in [0.15, 0.2) is 212 Å². The van der Waals surface area contributed by atoms with Crippen LogP contribution in [0.4, 0.5) is 51.2 Å². The molecule has 0 aromatic heterocycles. The number of benzene rings is 11. The molecule has 418 valence electrons. The van der Waals surface area contributed by atoms with Crippen molar-refractivity contribution in [3.8, 4) is 33.8 Å². The van der Waals surface area contributed by atoms with Crippen LogP contribution in [0.3, 0.4) is 0 Å². The normalized spacial score (nSPS) is 14.6. The lowest BCUT2D eigenvalue weighted by Gasteiger charge is -2.45. The van der Waals surface area contributed by atoms with E-state index in [0.717, 1.165) is 68.1 Å². The minimum absolute atomic E-state index is 0.00346. The van der Waals surface area contributed by atoms with Gasteiger partial charge in [-0.2, -0.15) is 0 Å². The van der Waals surface area contributed by atoms with Gasteiger partial charge in [0.15, 0.2) is 11.5 Å². The lowest BCUT2D eigenvalue weighted by molar-refractivity contribution is 0.172. The van der Waals surface area contributed by atoms with Crippen molar-refractivity contribution in [1.29, 1.82) is 0 Å². The zero-order valence-corrected chi connectivity index (χ0v) is 50.9. The number of ether oxygens (including phenoxy) is 2. The van der Waals surface area contributed by atoms with Gasteiger partial charge in [-0.05, 0) is 189 Å². The second kappa shape index (κ2) is 19.0. The number of rotatable bonds is 6. The molecule has 0 radical (unpaired) electrons. The fraction of sp³-hybridized carbons (Fsp3) is 0.215. The highest BCUT2D eigenvalue weighted by Gasteiger charge is 2.45. The van der Waals surface area contributed by atoms with Gasteiger partial charge in [0, 0.05) is 62.7 Å². The largest absolute Gasteiger partial charge is 0.486 e. The Morgan fingerprint density at radius 3 is 1.59 bits per heavy atom. The van der Waals surface area contributed by atoms with Crippen LogP contribution < -0.4 is 40.6 Å². The van der Waals surface area contributed by atoms with E-state index in [1.54, 1.807) is 0 Å². The Hall–Kier alpha value is -9.00. The van der Waals surface area contributed by atoms with Crippen molar-refractivity contribution in [3.63, 3.8) is 0 Å². The summed E-state index contributed by atoms with van der Waals surface area (Å²) in [7, 11) is 0. The van der Waals surface area contributed by atoms with Crippen LogP contribution in [-0.4, -0.2) is 19.9 Å². The third-order valence-corrected chi connectivity index (χ3v) is 18.8. The highest BCUT2D eigenvalue weighted by molar-refractivity contribution is 7.00. The molecule has 0 fully saturated rings.